The van der Waals surface area contributed by atoms with Crippen molar-refractivity contribution in [1.82, 2.24) is 24.8 Å². The highest BCUT2D eigenvalue weighted by molar-refractivity contribution is 5.96. The van der Waals surface area contributed by atoms with Crippen LogP contribution in [0.15, 0.2) is 24.7 Å². The van der Waals surface area contributed by atoms with Crippen LogP contribution >= 0.6 is 0 Å². The Morgan fingerprint density at radius 3 is 3.20 bits per heavy atom. The first-order chi connectivity index (χ1) is 7.40. The largest absolute Gasteiger partial charge is 0.306 e. The third kappa shape index (κ3) is 1.03. The lowest BCUT2D eigenvalue weighted by Crippen LogP contribution is -2.11. The summed E-state index contributed by atoms with van der Waals surface area (Å²) in [6.45, 7) is 0. The number of nitrogens with zero attached hydrogens (tertiary/aromatic N) is 5. The molecule has 0 aliphatic rings. The van der Waals surface area contributed by atoms with Gasteiger partial charge in [-0.05, 0) is 12.1 Å². The van der Waals surface area contributed by atoms with E-state index in [1.54, 1.807) is 6.20 Å². The van der Waals surface area contributed by atoms with Gasteiger partial charge in [0.2, 0.25) is 5.65 Å². The minimum Gasteiger partial charge on any atom is -0.306 e. The highest BCUT2D eigenvalue weighted by atomic mass is 15.4. The lowest BCUT2D eigenvalue weighted by atomic mass is 10.3. The number of hydrogen-bond acceptors (Lipinski definition) is 6. The standard InChI is InChI=1S/C8H7N7/c9-12-7-5-2-1-3-10-6(5)8-13-11-4-15(8)14-7/h1-4H,9H2,(H,12,14). The second-order valence-electron chi connectivity index (χ2n) is 2.99. The molecule has 0 radical (unpaired) electrons. The molecule has 0 unspecified atom stereocenters. The molecule has 0 saturated heterocycles. The summed E-state index contributed by atoms with van der Waals surface area (Å²) in [7, 11) is 0. The third-order valence-corrected chi connectivity index (χ3v) is 2.15. The number of aromatic nitrogens is 5. The van der Waals surface area contributed by atoms with Gasteiger partial charge in [-0.25, -0.2) is 5.84 Å². The summed E-state index contributed by atoms with van der Waals surface area (Å²) >= 11 is 0. The topological polar surface area (TPSA) is 94.0 Å². The van der Waals surface area contributed by atoms with Crippen molar-refractivity contribution >= 4 is 22.4 Å². The van der Waals surface area contributed by atoms with Crippen LogP contribution < -0.4 is 11.3 Å². The van der Waals surface area contributed by atoms with E-state index in [-0.39, 0.29) is 0 Å². The maximum atomic E-state index is 5.38. The van der Waals surface area contributed by atoms with Crippen LogP contribution in [0.25, 0.3) is 16.6 Å². The summed E-state index contributed by atoms with van der Waals surface area (Å²) in [4.78, 5) is 4.23. The second-order valence-corrected chi connectivity index (χ2v) is 2.99. The van der Waals surface area contributed by atoms with E-state index < -0.39 is 0 Å². The number of nitrogens with two attached hydrogens (primary N) is 1. The number of fused-ring (bicyclic) bond motifs is 3. The first kappa shape index (κ1) is 8.06. The van der Waals surface area contributed by atoms with Crippen LogP contribution in [0.4, 0.5) is 5.82 Å². The summed E-state index contributed by atoms with van der Waals surface area (Å²) in [6, 6.07) is 3.69. The highest BCUT2D eigenvalue weighted by Crippen LogP contribution is 2.20. The van der Waals surface area contributed by atoms with Crippen molar-refractivity contribution in [1.29, 1.82) is 0 Å². The minimum absolute atomic E-state index is 0.547. The summed E-state index contributed by atoms with van der Waals surface area (Å²) in [5, 5.41) is 12.7. The fourth-order valence-electron chi connectivity index (χ4n) is 1.50. The molecule has 0 bridgehead atoms. The van der Waals surface area contributed by atoms with E-state index in [2.05, 4.69) is 25.7 Å². The van der Waals surface area contributed by atoms with Crippen molar-refractivity contribution in [2.24, 2.45) is 5.84 Å². The lowest BCUT2D eigenvalue weighted by Gasteiger charge is -2.04. The number of nitrogens with one attached hydrogen (secondary N) is 1. The normalized spacial score (nSPS) is 11.0. The summed E-state index contributed by atoms with van der Waals surface area (Å²) in [5.74, 6) is 5.93. The molecular formula is C8H7N7. The van der Waals surface area contributed by atoms with Crippen LogP contribution in [0, 0.1) is 0 Å². The zero-order valence-electron chi connectivity index (χ0n) is 7.62. The summed E-state index contributed by atoms with van der Waals surface area (Å²) in [6.07, 6.45) is 3.20. The predicted molar refractivity (Wildman–Crippen MR) is 53.9 cm³/mol. The molecule has 0 spiro atoms. The van der Waals surface area contributed by atoms with Crippen molar-refractivity contribution < 1.29 is 0 Å². The van der Waals surface area contributed by atoms with Gasteiger partial charge in [0.05, 0.1) is 0 Å². The Labute approximate surface area is 83.9 Å². The van der Waals surface area contributed by atoms with Crippen molar-refractivity contribution in [2.45, 2.75) is 0 Å². The number of hydrogen-bond donors (Lipinski definition) is 2. The molecule has 0 fully saturated rings. The van der Waals surface area contributed by atoms with Crippen LogP contribution in [-0.4, -0.2) is 24.8 Å². The first-order valence-electron chi connectivity index (χ1n) is 4.31. The van der Waals surface area contributed by atoms with Crippen molar-refractivity contribution in [3.05, 3.63) is 24.7 Å². The van der Waals surface area contributed by atoms with Crippen molar-refractivity contribution in [2.75, 3.05) is 5.43 Å². The van der Waals surface area contributed by atoms with Crippen LogP contribution in [0.2, 0.25) is 0 Å². The average molecular weight is 201 g/mol. The van der Waals surface area contributed by atoms with Gasteiger partial charge in [-0.15, -0.1) is 15.3 Å². The first-order valence-corrected chi connectivity index (χ1v) is 4.31. The quantitative estimate of drug-likeness (QED) is 0.423. The third-order valence-electron chi connectivity index (χ3n) is 2.15. The van der Waals surface area contributed by atoms with E-state index in [0.29, 0.717) is 11.5 Å². The molecule has 3 heterocycles. The van der Waals surface area contributed by atoms with E-state index >= 15 is 0 Å². The summed E-state index contributed by atoms with van der Waals surface area (Å²) < 4.78 is 1.53. The second kappa shape index (κ2) is 2.85. The molecule has 0 atom stereocenters. The molecule has 0 saturated carbocycles. The van der Waals surface area contributed by atoms with Gasteiger partial charge < -0.3 is 5.43 Å². The molecule has 0 aromatic carbocycles. The fourth-order valence-corrected chi connectivity index (χ4v) is 1.50. The Morgan fingerprint density at radius 1 is 1.40 bits per heavy atom. The van der Waals surface area contributed by atoms with Gasteiger partial charge in [-0.1, -0.05) is 0 Å². The molecule has 3 rings (SSSR count). The Hall–Kier alpha value is -2.28. The zero-order chi connectivity index (χ0) is 10.3. The average Bonchev–Trinajstić information content (AvgIpc) is 2.76. The molecule has 3 aromatic rings. The molecular weight excluding hydrogens is 194 g/mol. The number of rotatable bonds is 1. The number of nitrogen functional groups attached to an aromatic ring is 1. The SMILES string of the molecule is NNc1nn2cnnc2c2ncccc12. The minimum atomic E-state index is 0.547. The van der Waals surface area contributed by atoms with E-state index in [0.717, 1.165) is 10.9 Å². The lowest BCUT2D eigenvalue weighted by molar-refractivity contribution is 0.932. The number of hydrazine groups is 1. The Morgan fingerprint density at radius 2 is 2.33 bits per heavy atom. The van der Waals surface area contributed by atoms with Crippen LogP contribution in [-0.2, 0) is 0 Å². The predicted octanol–water partition coefficient (Wildman–Crippen LogP) is -0.0419. The van der Waals surface area contributed by atoms with E-state index in [4.69, 9.17) is 5.84 Å². The highest BCUT2D eigenvalue weighted by Gasteiger charge is 2.09. The van der Waals surface area contributed by atoms with Crippen LogP contribution in [0.3, 0.4) is 0 Å². The molecule has 15 heavy (non-hydrogen) atoms. The monoisotopic (exact) mass is 201 g/mol. The van der Waals surface area contributed by atoms with Crippen LogP contribution in [0.5, 0.6) is 0 Å². The van der Waals surface area contributed by atoms with Gasteiger partial charge in [0.1, 0.15) is 11.8 Å². The molecule has 7 heteroatoms. The van der Waals surface area contributed by atoms with E-state index in [1.165, 1.54) is 10.8 Å². The number of anilines is 1. The van der Waals surface area contributed by atoms with Gasteiger partial charge in [-0.3, -0.25) is 4.98 Å². The van der Waals surface area contributed by atoms with E-state index in [9.17, 15) is 0 Å². The van der Waals surface area contributed by atoms with Gasteiger partial charge in [-0.2, -0.15) is 4.52 Å². The Balaban J connectivity index is 2.58. The maximum absolute atomic E-state index is 5.38. The summed E-state index contributed by atoms with van der Waals surface area (Å²) in [5.41, 5.74) is 3.86. The molecule has 0 amide bonds. The van der Waals surface area contributed by atoms with Crippen LogP contribution in [0.1, 0.15) is 0 Å². The van der Waals surface area contributed by atoms with E-state index in [1.807, 2.05) is 12.1 Å². The molecule has 3 aromatic heterocycles. The zero-order valence-corrected chi connectivity index (χ0v) is 7.62. The Kier molecular flexibility index (Phi) is 1.53. The van der Waals surface area contributed by atoms with Gasteiger partial charge in [0.25, 0.3) is 0 Å². The maximum Gasteiger partial charge on any atom is 0.203 e. The number of pyridine rings is 1. The smallest absolute Gasteiger partial charge is 0.203 e. The van der Waals surface area contributed by atoms with Gasteiger partial charge in [0, 0.05) is 11.6 Å². The molecule has 3 N–H and O–H groups in total. The molecule has 74 valence electrons. The Bertz CT molecular complexity index is 629. The van der Waals surface area contributed by atoms with Crippen molar-refractivity contribution in [3.63, 3.8) is 0 Å². The fraction of sp³-hybridized carbons (Fsp3) is 0. The molecule has 0 aliphatic heterocycles. The molecule has 0 aliphatic carbocycles. The van der Waals surface area contributed by atoms with Crippen molar-refractivity contribution in [3.8, 4) is 0 Å². The van der Waals surface area contributed by atoms with Gasteiger partial charge >= 0.3 is 0 Å². The van der Waals surface area contributed by atoms with Gasteiger partial charge in [0.15, 0.2) is 5.82 Å². The molecule has 7 nitrogen and oxygen atoms in total.